The van der Waals surface area contributed by atoms with Crippen molar-refractivity contribution < 1.29 is 0 Å². The van der Waals surface area contributed by atoms with E-state index in [2.05, 4.69) is 55.9 Å². The largest absolute Gasteiger partial charge is 0.329 e. The first kappa shape index (κ1) is 16.5. The van der Waals surface area contributed by atoms with E-state index >= 15 is 0 Å². The Balaban J connectivity index is 2.04. The molecule has 2 rings (SSSR count). The van der Waals surface area contributed by atoms with E-state index in [-0.39, 0.29) is 0 Å². The molecule has 1 unspecified atom stereocenters. The number of rotatable bonds is 5. The Bertz CT molecular complexity index is 448. The summed E-state index contributed by atoms with van der Waals surface area (Å²) in [4.78, 5) is 4.90. The summed E-state index contributed by atoms with van der Waals surface area (Å²) in [6.07, 6.45) is 2.58. The molecule has 1 atom stereocenters. The van der Waals surface area contributed by atoms with E-state index < -0.39 is 0 Å². The van der Waals surface area contributed by atoms with E-state index in [1.165, 1.54) is 49.2 Å². The third-order valence-corrected chi connectivity index (χ3v) is 4.94. The normalized spacial score (nSPS) is 19.1. The molecule has 1 aliphatic rings. The number of nitrogens with two attached hydrogens (primary N) is 1. The number of piperidine rings is 1. The predicted molar refractivity (Wildman–Crippen MR) is 90.6 cm³/mol. The summed E-state index contributed by atoms with van der Waals surface area (Å²) in [5, 5.41) is 0. The second kappa shape index (κ2) is 7.39. The predicted octanol–water partition coefficient (Wildman–Crippen LogP) is 2.58. The molecule has 3 nitrogen and oxygen atoms in total. The highest BCUT2D eigenvalue weighted by atomic mass is 15.2. The van der Waals surface area contributed by atoms with Crippen LogP contribution >= 0.6 is 0 Å². The Hall–Kier alpha value is -0.900. The van der Waals surface area contributed by atoms with E-state index in [9.17, 15) is 0 Å². The first-order valence-electron chi connectivity index (χ1n) is 8.18. The second-order valence-electron chi connectivity index (χ2n) is 6.78. The maximum absolute atomic E-state index is 6.12. The molecule has 0 spiro atoms. The Kier molecular flexibility index (Phi) is 5.80. The van der Waals surface area contributed by atoms with Crippen LogP contribution < -0.4 is 5.73 Å². The molecule has 21 heavy (non-hydrogen) atoms. The van der Waals surface area contributed by atoms with Gasteiger partial charge in [0.05, 0.1) is 0 Å². The van der Waals surface area contributed by atoms with Gasteiger partial charge in [0, 0.05) is 19.1 Å². The zero-order valence-electron chi connectivity index (χ0n) is 14.1. The van der Waals surface area contributed by atoms with Gasteiger partial charge in [0.15, 0.2) is 0 Å². The molecule has 1 aromatic carbocycles. The number of hydrogen-bond donors (Lipinski definition) is 1. The Morgan fingerprint density at radius 1 is 1.24 bits per heavy atom. The fourth-order valence-corrected chi connectivity index (χ4v) is 3.57. The maximum atomic E-state index is 6.12. The van der Waals surface area contributed by atoms with Gasteiger partial charge in [-0.15, -0.1) is 0 Å². The number of nitrogens with zero attached hydrogens (tertiary/aromatic N) is 2. The second-order valence-corrected chi connectivity index (χ2v) is 6.78. The lowest BCUT2D eigenvalue weighted by Gasteiger charge is -2.38. The Labute approximate surface area is 130 Å². The number of hydrogen-bond acceptors (Lipinski definition) is 3. The summed E-state index contributed by atoms with van der Waals surface area (Å²) in [5.41, 5.74) is 10.3. The average molecular weight is 289 g/mol. The highest BCUT2D eigenvalue weighted by Gasteiger charge is 2.26. The number of likely N-dealkylation sites (tertiary alicyclic amines) is 1. The molecule has 0 bridgehead atoms. The zero-order valence-corrected chi connectivity index (χ0v) is 14.1. The van der Waals surface area contributed by atoms with Crippen LogP contribution in [-0.2, 0) is 0 Å². The van der Waals surface area contributed by atoms with Gasteiger partial charge in [-0.3, -0.25) is 4.90 Å². The third kappa shape index (κ3) is 4.06. The molecule has 1 aliphatic heterocycles. The van der Waals surface area contributed by atoms with E-state index in [0.29, 0.717) is 12.6 Å². The maximum Gasteiger partial charge on any atom is 0.0473 e. The van der Waals surface area contributed by atoms with Gasteiger partial charge in [-0.25, -0.2) is 0 Å². The molecule has 118 valence electrons. The summed E-state index contributed by atoms with van der Waals surface area (Å²) in [6, 6.07) is 6.99. The highest BCUT2D eigenvalue weighted by molar-refractivity contribution is 5.35. The van der Waals surface area contributed by atoms with Crippen LogP contribution in [0.3, 0.4) is 0 Å². The van der Waals surface area contributed by atoms with Crippen molar-refractivity contribution in [2.75, 3.05) is 40.3 Å². The van der Waals surface area contributed by atoms with Crippen LogP contribution in [0.2, 0.25) is 0 Å². The lowest BCUT2D eigenvalue weighted by Crippen LogP contribution is -2.41. The van der Waals surface area contributed by atoms with Gasteiger partial charge >= 0.3 is 0 Å². The third-order valence-electron chi connectivity index (χ3n) is 4.94. The average Bonchev–Trinajstić information content (AvgIpc) is 2.45. The van der Waals surface area contributed by atoms with Crippen LogP contribution in [-0.4, -0.2) is 50.1 Å². The minimum Gasteiger partial charge on any atom is -0.329 e. The standard InChI is InChI=1S/C18H31N3/c1-14-6-5-7-17(15(14)2)18(12-19)21-10-8-16(9-11-21)13-20(3)4/h5-7,16,18H,8-13,19H2,1-4H3. The molecular formula is C18H31N3. The smallest absolute Gasteiger partial charge is 0.0473 e. The summed E-state index contributed by atoms with van der Waals surface area (Å²) >= 11 is 0. The highest BCUT2D eigenvalue weighted by Crippen LogP contribution is 2.29. The molecule has 3 heteroatoms. The zero-order chi connectivity index (χ0) is 15.4. The molecule has 1 aromatic rings. The topological polar surface area (TPSA) is 32.5 Å². The van der Waals surface area contributed by atoms with E-state index in [1.54, 1.807) is 0 Å². The van der Waals surface area contributed by atoms with Crippen molar-refractivity contribution in [2.45, 2.75) is 32.7 Å². The lowest BCUT2D eigenvalue weighted by atomic mass is 9.91. The van der Waals surface area contributed by atoms with Crippen LogP contribution in [0.4, 0.5) is 0 Å². The summed E-state index contributed by atoms with van der Waals surface area (Å²) < 4.78 is 0. The van der Waals surface area contributed by atoms with Crippen molar-refractivity contribution in [3.8, 4) is 0 Å². The van der Waals surface area contributed by atoms with Crippen LogP contribution in [0.25, 0.3) is 0 Å². The number of aryl methyl sites for hydroxylation is 1. The minimum atomic E-state index is 0.380. The first-order valence-corrected chi connectivity index (χ1v) is 8.18. The molecule has 1 saturated heterocycles. The monoisotopic (exact) mass is 289 g/mol. The summed E-state index contributed by atoms with van der Waals surface area (Å²) in [5.74, 6) is 0.841. The lowest BCUT2D eigenvalue weighted by molar-refractivity contribution is 0.122. The Morgan fingerprint density at radius 2 is 1.90 bits per heavy atom. The molecule has 1 heterocycles. The SMILES string of the molecule is Cc1cccc(C(CN)N2CCC(CN(C)C)CC2)c1C. The van der Waals surface area contributed by atoms with Crippen molar-refractivity contribution in [1.29, 1.82) is 0 Å². The quantitative estimate of drug-likeness (QED) is 0.904. The van der Waals surface area contributed by atoms with Crippen molar-refractivity contribution in [3.05, 3.63) is 34.9 Å². The van der Waals surface area contributed by atoms with Crippen LogP contribution in [0.15, 0.2) is 18.2 Å². The molecule has 0 aliphatic carbocycles. The minimum absolute atomic E-state index is 0.380. The molecule has 0 saturated carbocycles. The van der Waals surface area contributed by atoms with Crippen molar-refractivity contribution in [3.63, 3.8) is 0 Å². The Morgan fingerprint density at radius 3 is 2.48 bits per heavy atom. The van der Waals surface area contributed by atoms with Gasteiger partial charge in [0.25, 0.3) is 0 Å². The van der Waals surface area contributed by atoms with Crippen molar-refractivity contribution >= 4 is 0 Å². The van der Waals surface area contributed by atoms with Crippen molar-refractivity contribution in [1.82, 2.24) is 9.80 Å². The summed E-state index contributed by atoms with van der Waals surface area (Å²) in [7, 11) is 4.34. The van der Waals surface area contributed by atoms with Gasteiger partial charge in [-0.2, -0.15) is 0 Å². The van der Waals surface area contributed by atoms with Crippen LogP contribution in [0.1, 0.15) is 35.6 Å². The van der Waals surface area contributed by atoms with Gasteiger partial charge in [-0.1, -0.05) is 18.2 Å². The van der Waals surface area contributed by atoms with E-state index in [0.717, 1.165) is 5.92 Å². The molecular weight excluding hydrogens is 258 g/mol. The van der Waals surface area contributed by atoms with Gasteiger partial charge in [-0.05, 0) is 76.5 Å². The number of benzene rings is 1. The van der Waals surface area contributed by atoms with Gasteiger partial charge in [0.2, 0.25) is 0 Å². The molecule has 0 amide bonds. The molecule has 1 fully saturated rings. The van der Waals surface area contributed by atoms with Crippen LogP contribution in [0.5, 0.6) is 0 Å². The van der Waals surface area contributed by atoms with E-state index in [4.69, 9.17) is 5.73 Å². The van der Waals surface area contributed by atoms with Gasteiger partial charge in [0.1, 0.15) is 0 Å². The fourth-order valence-electron chi connectivity index (χ4n) is 3.57. The molecule has 0 radical (unpaired) electrons. The molecule has 0 aromatic heterocycles. The van der Waals surface area contributed by atoms with Crippen molar-refractivity contribution in [2.24, 2.45) is 11.7 Å². The van der Waals surface area contributed by atoms with Gasteiger partial charge < -0.3 is 10.6 Å². The fraction of sp³-hybridized carbons (Fsp3) is 0.667. The van der Waals surface area contributed by atoms with Crippen LogP contribution in [0, 0.1) is 19.8 Å². The first-order chi connectivity index (χ1) is 10.0. The molecule has 2 N–H and O–H groups in total. The van der Waals surface area contributed by atoms with E-state index in [1.807, 2.05) is 0 Å². The summed E-state index contributed by atoms with van der Waals surface area (Å²) in [6.45, 7) is 8.69.